The SMILES string of the molecule is O=C(N[C@@H](Cc1ccccc1)C(=O)NC1=NCCS1)c1ccccc1. The Morgan fingerprint density at radius 2 is 1.72 bits per heavy atom. The molecule has 0 saturated heterocycles. The first-order valence-corrected chi connectivity index (χ1v) is 9.09. The number of amidine groups is 1. The van der Waals surface area contributed by atoms with Gasteiger partial charge in [0, 0.05) is 17.7 Å². The Balaban J connectivity index is 1.73. The van der Waals surface area contributed by atoms with Gasteiger partial charge in [-0.05, 0) is 17.7 Å². The van der Waals surface area contributed by atoms with Crippen molar-refractivity contribution in [2.45, 2.75) is 12.5 Å². The first-order chi connectivity index (χ1) is 12.2. The van der Waals surface area contributed by atoms with Gasteiger partial charge in [0.05, 0.1) is 6.54 Å². The van der Waals surface area contributed by atoms with Crippen molar-refractivity contribution in [3.05, 3.63) is 71.8 Å². The number of aliphatic imine (C=N–C) groups is 1. The van der Waals surface area contributed by atoms with Crippen LogP contribution in [0.5, 0.6) is 0 Å². The molecule has 6 heteroatoms. The van der Waals surface area contributed by atoms with E-state index in [4.69, 9.17) is 0 Å². The van der Waals surface area contributed by atoms with Crippen LogP contribution in [-0.4, -0.2) is 35.3 Å². The molecule has 1 heterocycles. The number of nitrogens with one attached hydrogen (secondary N) is 2. The molecule has 0 unspecified atom stereocenters. The maximum atomic E-state index is 12.7. The molecule has 0 radical (unpaired) electrons. The summed E-state index contributed by atoms with van der Waals surface area (Å²) < 4.78 is 0. The molecule has 128 valence electrons. The average Bonchev–Trinajstić information content (AvgIpc) is 3.15. The van der Waals surface area contributed by atoms with Crippen molar-refractivity contribution >= 4 is 28.7 Å². The molecule has 2 amide bonds. The lowest BCUT2D eigenvalue weighted by Gasteiger charge is -2.18. The van der Waals surface area contributed by atoms with Gasteiger partial charge in [-0.25, -0.2) is 0 Å². The van der Waals surface area contributed by atoms with E-state index in [9.17, 15) is 9.59 Å². The van der Waals surface area contributed by atoms with Crippen molar-refractivity contribution in [3.63, 3.8) is 0 Å². The monoisotopic (exact) mass is 353 g/mol. The van der Waals surface area contributed by atoms with Crippen LogP contribution in [0.4, 0.5) is 0 Å². The highest BCUT2D eigenvalue weighted by molar-refractivity contribution is 8.14. The summed E-state index contributed by atoms with van der Waals surface area (Å²) in [7, 11) is 0. The quantitative estimate of drug-likeness (QED) is 0.866. The van der Waals surface area contributed by atoms with Gasteiger partial charge in [-0.1, -0.05) is 60.3 Å². The molecule has 1 aliphatic rings. The Labute approximate surface area is 150 Å². The predicted molar refractivity (Wildman–Crippen MR) is 101 cm³/mol. The molecule has 0 bridgehead atoms. The number of amides is 2. The van der Waals surface area contributed by atoms with E-state index in [2.05, 4.69) is 15.6 Å². The summed E-state index contributed by atoms with van der Waals surface area (Å²) >= 11 is 1.52. The lowest BCUT2D eigenvalue weighted by atomic mass is 10.0. The van der Waals surface area contributed by atoms with Crippen molar-refractivity contribution in [1.29, 1.82) is 0 Å². The zero-order valence-corrected chi connectivity index (χ0v) is 14.5. The topological polar surface area (TPSA) is 70.6 Å². The standard InChI is InChI=1S/C19H19N3O2S/c23-17(15-9-5-2-6-10-15)21-16(13-14-7-3-1-4-8-14)18(24)22-19-20-11-12-25-19/h1-10,16H,11-13H2,(H,21,23)(H,20,22,24)/t16-/m0/s1. The van der Waals surface area contributed by atoms with Crippen LogP contribution < -0.4 is 10.6 Å². The number of thioether (sulfide) groups is 1. The summed E-state index contributed by atoms with van der Waals surface area (Å²) in [5, 5.41) is 6.28. The molecule has 2 aromatic rings. The second-order valence-corrected chi connectivity index (χ2v) is 6.69. The van der Waals surface area contributed by atoms with E-state index in [-0.39, 0.29) is 11.8 Å². The molecule has 0 fully saturated rings. The molecular weight excluding hydrogens is 334 g/mol. The molecule has 0 aromatic heterocycles. The van der Waals surface area contributed by atoms with Crippen LogP contribution in [0.2, 0.25) is 0 Å². The molecule has 25 heavy (non-hydrogen) atoms. The molecule has 0 saturated carbocycles. The van der Waals surface area contributed by atoms with E-state index in [0.717, 1.165) is 11.3 Å². The smallest absolute Gasteiger partial charge is 0.251 e. The molecule has 5 nitrogen and oxygen atoms in total. The van der Waals surface area contributed by atoms with Crippen molar-refractivity contribution in [2.24, 2.45) is 4.99 Å². The van der Waals surface area contributed by atoms with Gasteiger partial charge in [-0.2, -0.15) is 0 Å². The summed E-state index contributed by atoms with van der Waals surface area (Å²) in [6, 6.07) is 17.9. The van der Waals surface area contributed by atoms with Gasteiger partial charge in [0.2, 0.25) is 5.91 Å². The Kier molecular flexibility index (Phi) is 5.85. The highest BCUT2D eigenvalue weighted by Gasteiger charge is 2.23. The van der Waals surface area contributed by atoms with E-state index in [1.807, 2.05) is 36.4 Å². The number of hydrogen-bond acceptors (Lipinski definition) is 4. The van der Waals surface area contributed by atoms with E-state index in [1.165, 1.54) is 11.8 Å². The van der Waals surface area contributed by atoms with Gasteiger partial charge in [0.15, 0.2) is 5.17 Å². The van der Waals surface area contributed by atoms with Crippen LogP contribution >= 0.6 is 11.8 Å². The fourth-order valence-electron chi connectivity index (χ4n) is 2.49. The van der Waals surface area contributed by atoms with Crippen LogP contribution in [0.1, 0.15) is 15.9 Å². The van der Waals surface area contributed by atoms with Crippen LogP contribution in [-0.2, 0) is 11.2 Å². The Morgan fingerprint density at radius 1 is 1.04 bits per heavy atom. The Morgan fingerprint density at radius 3 is 2.36 bits per heavy atom. The summed E-state index contributed by atoms with van der Waals surface area (Å²) in [5.41, 5.74) is 1.51. The predicted octanol–water partition coefficient (Wildman–Crippen LogP) is 2.25. The zero-order chi connectivity index (χ0) is 17.5. The Bertz CT molecular complexity index is 763. The van der Waals surface area contributed by atoms with Gasteiger partial charge in [-0.3, -0.25) is 14.6 Å². The molecule has 1 atom stereocenters. The maximum absolute atomic E-state index is 12.7. The minimum Gasteiger partial charge on any atom is -0.340 e. The largest absolute Gasteiger partial charge is 0.340 e. The second kappa shape index (κ2) is 8.48. The fourth-order valence-corrected chi connectivity index (χ4v) is 3.22. The number of rotatable bonds is 5. The van der Waals surface area contributed by atoms with Crippen LogP contribution in [0, 0.1) is 0 Å². The second-order valence-electron chi connectivity index (χ2n) is 5.61. The van der Waals surface area contributed by atoms with Gasteiger partial charge < -0.3 is 10.6 Å². The van der Waals surface area contributed by atoms with Crippen LogP contribution in [0.3, 0.4) is 0 Å². The lowest BCUT2D eigenvalue weighted by molar-refractivity contribution is -0.121. The zero-order valence-electron chi connectivity index (χ0n) is 13.6. The third-order valence-corrected chi connectivity index (χ3v) is 4.65. The van der Waals surface area contributed by atoms with Crippen LogP contribution in [0.15, 0.2) is 65.7 Å². The molecule has 3 rings (SSSR count). The summed E-state index contributed by atoms with van der Waals surface area (Å²) in [4.78, 5) is 29.3. The third-order valence-electron chi connectivity index (χ3n) is 3.76. The van der Waals surface area contributed by atoms with Crippen molar-refractivity contribution in [1.82, 2.24) is 10.6 Å². The van der Waals surface area contributed by atoms with Crippen molar-refractivity contribution in [3.8, 4) is 0 Å². The summed E-state index contributed by atoms with van der Waals surface area (Å²) in [6.45, 7) is 0.708. The lowest BCUT2D eigenvalue weighted by Crippen LogP contribution is -2.49. The van der Waals surface area contributed by atoms with Crippen LogP contribution in [0.25, 0.3) is 0 Å². The van der Waals surface area contributed by atoms with Gasteiger partial charge in [0.25, 0.3) is 5.91 Å². The normalized spacial score (nSPS) is 14.5. The van der Waals surface area contributed by atoms with Crippen molar-refractivity contribution < 1.29 is 9.59 Å². The average molecular weight is 353 g/mol. The molecule has 1 aliphatic heterocycles. The van der Waals surface area contributed by atoms with Gasteiger partial charge in [0.1, 0.15) is 6.04 Å². The third kappa shape index (κ3) is 4.93. The van der Waals surface area contributed by atoms with E-state index in [1.54, 1.807) is 24.3 Å². The minimum absolute atomic E-state index is 0.249. The summed E-state index contributed by atoms with van der Waals surface area (Å²) in [6.07, 6.45) is 0.420. The Hall–Kier alpha value is -2.60. The number of nitrogens with zero attached hydrogens (tertiary/aromatic N) is 1. The number of carbonyl (C=O) groups excluding carboxylic acids is 2. The van der Waals surface area contributed by atoms with E-state index >= 15 is 0 Å². The molecule has 0 spiro atoms. The number of benzene rings is 2. The minimum atomic E-state index is -0.668. The molecule has 0 aliphatic carbocycles. The number of carbonyl (C=O) groups is 2. The van der Waals surface area contributed by atoms with Gasteiger partial charge in [-0.15, -0.1) is 0 Å². The maximum Gasteiger partial charge on any atom is 0.251 e. The summed E-state index contributed by atoms with van der Waals surface area (Å²) in [5.74, 6) is 0.356. The highest BCUT2D eigenvalue weighted by Crippen LogP contribution is 2.10. The molecular formula is C19H19N3O2S. The molecule has 2 aromatic carbocycles. The number of hydrogen-bond donors (Lipinski definition) is 2. The first-order valence-electron chi connectivity index (χ1n) is 8.10. The molecule has 2 N–H and O–H groups in total. The first kappa shape index (κ1) is 17.2. The fraction of sp³-hybridized carbons (Fsp3) is 0.211. The van der Waals surface area contributed by atoms with E-state index in [0.29, 0.717) is 23.7 Å². The highest BCUT2D eigenvalue weighted by atomic mass is 32.2. The van der Waals surface area contributed by atoms with E-state index < -0.39 is 6.04 Å². The van der Waals surface area contributed by atoms with Crippen molar-refractivity contribution in [2.75, 3.05) is 12.3 Å². The van der Waals surface area contributed by atoms with Gasteiger partial charge >= 0.3 is 0 Å².